The summed E-state index contributed by atoms with van der Waals surface area (Å²) in [4.78, 5) is 32.8. The van der Waals surface area contributed by atoms with Gasteiger partial charge in [0.05, 0.1) is 10.6 Å². The molecule has 0 aromatic rings. The molecule has 2 amide bonds. The molecule has 0 saturated heterocycles. The SMILES string of the molecule is C=C(N)/C(=C\C(=C)[N+](=O)[O-])NC(=O)CNC(=O)OC(C)(C)C. The number of rotatable bonds is 6. The molecule has 0 fully saturated rings. The van der Waals surface area contributed by atoms with E-state index in [0.29, 0.717) is 0 Å². The zero-order valence-electron chi connectivity index (χ0n) is 12.8. The number of carbonyl (C=O) groups is 2. The molecule has 122 valence electrons. The van der Waals surface area contributed by atoms with Gasteiger partial charge in [-0.1, -0.05) is 6.58 Å². The van der Waals surface area contributed by atoms with E-state index in [9.17, 15) is 19.7 Å². The highest BCUT2D eigenvalue weighted by atomic mass is 16.6. The van der Waals surface area contributed by atoms with Gasteiger partial charge in [0, 0.05) is 11.8 Å². The quantitative estimate of drug-likeness (QED) is 0.376. The Hall–Kier alpha value is -2.84. The topological polar surface area (TPSA) is 137 Å². The van der Waals surface area contributed by atoms with Crippen molar-refractivity contribution >= 4 is 12.0 Å². The van der Waals surface area contributed by atoms with Gasteiger partial charge in [-0.25, -0.2) is 4.79 Å². The summed E-state index contributed by atoms with van der Waals surface area (Å²) < 4.78 is 4.95. The molecule has 0 rings (SSSR count). The Morgan fingerprint density at radius 2 is 1.91 bits per heavy atom. The summed E-state index contributed by atoms with van der Waals surface area (Å²) in [6, 6.07) is 0. The molecule has 0 aromatic heterocycles. The lowest BCUT2D eigenvalue weighted by Crippen LogP contribution is -2.40. The number of carbonyl (C=O) groups excluding carboxylic acids is 2. The first-order valence-corrected chi connectivity index (χ1v) is 6.19. The predicted molar refractivity (Wildman–Crippen MR) is 79.9 cm³/mol. The highest BCUT2D eigenvalue weighted by molar-refractivity contribution is 5.84. The third-order valence-corrected chi connectivity index (χ3v) is 1.96. The predicted octanol–water partition coefficient (Wildman–Crippen LogP) is 0.774. The number of amides is 2. The van der Waals surface area contributed by atoms with Gasteiger partial charge in [0.2, 0.25) is 5.91 Å². The van der Waals surface area contributed by atoms with E-state index in [4.69, 9.17) is 10.5 Å². The fraction of sp³-hybridized carbons (Fsp3) is 0.385. The molecule has 4 N–H and O–H groups in total. The first-order chi connectivity index (χ1) is 9.92. The summed E-state index contributed by atoms with van der Waals surface area (Å²) in [7, 11) is 0. The Balaban J connectivity index is 4.61. The summed E-state index contributed by atoms with van der Waals surface area (Å²) in [5.74, 6) is -0.653. The summed E-state index contributed by atoms with van der Waals surface area (Å²) in [5.41, 5.74) is 4.09. The number of nitrogens with zero attached hydrogens (tertiary/aromatic N) is 1. The lowest BCUT2D eigenvalue weighted by Gasteiger charge is -2.19. The van der Waals surface area contributed by atoms with Crippen molar-refractivity contribution in [3.05, 3.63) is 46.4 Å². The van der Waals surface area contributed by atoms with Crippen LogP contribution in [-0.2, 0) is 9.53 Å². The van der Waals surface area contributed by atoms with Crippen LogP contribution in [0.25, 0.3) is 0 Å². The average Bonchev–Trinajstić information content (AvgIpc) is 2.33. The molecule has 0 aliphatic rings. The van der Waals surface area contributed by atoms with Crippen LogP contribution in [0.4, 0.5) is 4.79 Å². The van der Waals surface area contributed by atoms with Crippen LogP contribution in [0.1, 0.15) is 20.8 Å². The third kappa shape index (κ3) is 8.35. The Kier molecular flexibility index (Phi) is 6.81. The van der Waals surface area contributed by atoms with Gasteiger partial charge < -0.3 is 21.1 Å². The van der Waals surface area contributed by atoms with Crippen LogP contribution in [0.15, 0.2) is 36.3 Å². The molecule has 0 spiro atoms. The third-order valence-electron chi connectivity index (χ3n) is 1.96. The van der Waals surface area contributed by atoms with E-state index >= 15 is 0 Å². The molecule has 0 heterocycles. The smallest absolute Gasteiger partial charge is 0.408 e. The van der Waals surface area contributed by atoms with Crippen LogP contribution in [-0.4, -0.2) is 29.1 Å². The molecule has 0 saturated carbocycles. The summed E-state index contributed by atoms with van der Waals surface area (Å²) in [6.07, 6.45) is 0.197. The van der Waals surface area contributed by atoms with Crippen molar-refractivity contribution in [1.29, 1.82) is 0 Å². The van der Waals surface area contributed by atoms with Gasteiger partial charge in [-0.2, -0.15) is 0 Å². The Labute approximate surface area is 128 Å². The minimum Gasteiger partial charge on any atom is -0.444 e. The molecular formula is C13H20N4O5. The molecule has 0 atom stereocenters. The van der Waals surface area contributed by atoms with Gasteiger partial charge in [-0.3, -0.25) is 14.9 Å². The van der Waals surface area contributed by atoms with Crippen molar-refractivity contribution in [2.24, 2.45) is 5.73 Å². The van der Waals surface area contributed by atoms with Gasteiger partial charge >= 0.3 is 6.09 Å². The Morgan fingerprint density at radius 3 is 2.32 bits per heavy atom. The second kappa shape index (κ2) is 7.81. The Morgan fingerprint density at radius 1 is 1.36 bits per heavy atom. The number of allylic oxidation sites excluding steroid dienone is 1. The normalized spacial score (nSPS) is 11.3. The fourth-order valence-electron chi connectivity index (χ4n) is 1.09. The maximum Gasteiger partial charge on any atom is 0.408 e. The number of alkyl carbamates (subject to hydrolysis) is 1. The van der Waals surface area contributed by atoms with E-state index < -0.39 is 34.8 Å². The number of ether oxygens (including phenoxy) is 1. The van der Waals surface area contributed by atoms with Crippen LogP contribution in [0, 0.1) is 10.1 Å². The van der Waals surface area contributed by atoms with Crippen LogP contribution in [0.3, 0.4) is 0 Å². The summed E-state index contributed by atoms with van der Waals surface area (Å²) in [5, 5.41) is 15.0. The molecule has 0 bridgehead atoms. The second-order valence-electron chi connectivity index (χ2n) is 5.24. The summed E-state index contributed by atoms with van der Waals surface area (Å²) in [6.45, 7) is 11.2. The molecule has 0 aromatic carbocycles. The zero-order chi connectivity index (χ0) is 17.5. The number of nitrogens with two attached hydrogens (primary N) is 1. The number of hydrogen-bond acceptors (Lipinski definition) is 6. The van der Waals surface area contributed by atoms with E-state index in [2.05, 4.69) is 23.8 Å². The van der Waals surface area contributed by atoms with Crippen LogP contribution < -0.4 is 16.4 Å². The number of nitro groups is 1. The zero-order valence-corrected chi connectivity index (χ0v) is 12.8. The molecule has 22 heavy (non-hydrogen) atoms. The molecular weight excluding hydrogens is 292 g/mol. The van der Waals surface area contributed by atoms with Crippen LogP contribution in [0.2, 0.25) is 0 Å². The van der Waals surface area contributed by atoms with Crippen molar-refractivity contribution < 1.29 is 19.2 Å². The van der Waals surface area contributed by atoms with Crippen molar-refractivity contribution in [2.45, 2.75) is 26.4 Å². The maximum atomic E-state index is 11.7. The fourth-order valence-corrected chi connectivity index (χ4v) is 1.09. The van der Waals surface area contributed by atoms with Crippen LogP contribution >= 0.6 is 0 Å². The van der Waals surface area contributed by atoms with E-state index in [0.717, 1.165) is 6.08 Å². The highest BCUT2D eigenvalue weighted by Gasteiger charge is 2.17. The first kappa shape index (κ1) is 19.2. The van der Waals surface area contributed by atoms with Gasteiger partial charge in [0.15, 0.2) is 0 Å². The Bertz CT molecular complexity index is 531. The number of hydrogen-bond donors (Lipinski definition) is 3. The second-order valence-corrected chi connectivity index (χ2v) is 5.24. The standard InChI is InChI=1S/C13H20N4O5/c1-8(17(20)21)6-10(9(2)14)16-11(18)7-15-12(19)22-13(3,4)5/h6H,1-2,7,14H2,3-5H3,(H,15,19)(H,16,18)/b10-6+. The van der Waals surface area contributed by atoms with Gasteiger partial charge in [-0.05, 0) is 27.4 Å². The first-order valence-electron chi connectivity index (χ1n) is 6.19. The van der Waals surface area contributed by atoms with E-state index in [1.807, 2.05) is 0 Å². The molecule has 9 heteroatoms. The van der Waals surface area contributed by atoms with Gasteiger partial charge in [0.25, 0.3) is 5.70 Å². The van der Waals surface area contributed by atoms with Gasteiger partial charge in [0.1, 0.15) is 12.1 Å². The minimum absolute atomic E-state index is 0.0716. The van der Waals surface area contributed by atoms with Crippen molar-refractivity contribution in [3.8, 4) is 0 Å². The lowest BCUT2D eigenvalue weighted by atomic mass is 10.2. The largest absolute Gasteiger partial charge is 0.444 e. The van der Waals surface area contributed by atoms with Crippen LogP contribution in [0.5, 0.6) is 0 Å². The van der Waals surface area contributed by atoms with Crippen molar-refractivity contribution in [2.75, 3.05) is 6.54 Å². The number of nitrogens with one attached hydrogen (secondary N) is 2. The molecule has 0 unspecified atom stereocenters. The van der Waals surface area contributed by atoms with Crippen molar-refractivity contribution in [3.63, 3.8) is 0 Å². The average molecular weight is 312 g/mol. The van der Waals surface area contributed by atoms with E-state index in [1.54, 1.807) is 20.8 Å². The molecule has 0 aliphatic carbocycles. The highest BCUT2D eigenvalue weighted by Crippen LogP contribution is 2.06. The maximum absolute atomic E-state index is 11.7. The molecule has 0 radical (unpaired) electrons. The summed E-state index contributed by atoms with van der Waals surface area (Å²) >= 11 is 0. The van der Waals surface area contributed by atoms with E-state index in [-0.39, 0.29) is 11.4 Å². The minimum atomic E-state index is -0.769. The monoisotopic (exact) mass is 312 g/mol. The van der Waals surface area contributed by atoms with E-state index in [1.165, 1.54) is 0 Å². The molecule has 0 aliphatic heterocycles. The molecule has 9 nitrogen and oxygen atoms in total. The van der Waals surface area contributed by atoms with Crippen molar-refractivity contribution in [1.82, 2.24) is 10.6 Å². The van der Waals surface area contributed by atoms with Gasteiger partial charge in [-0.15, -0.1) is 0 Å². The lowest BCUT2D eigenvalue weighted by molar-refractivity contribution is -0.418.